The van der Waals surface area contributed by atoms with Crippen LogP contribution in [0, 0.1) is 0 Å². The van der Waals surface area contributed by atoms with Gasteiger partial charge in [0.15, 0.2) is 6.61 Å². The summed E-state index contributed by atoms with van der Waals surface area (Å²) < 4.78 is 5.35. The van der Waals surface area contributed by atoms with Crippen LogP contribution in [0.1, 0.15) is 26.2 Å². The largest absolute Gasteiger partial charge is 0.484 e. The fourth-order valence-electron chi connectivity index (χ4n) is 2.11. The molecule has 162 valence electrons. The maximum absolute atomic E-state index is 11.9. The molecule has 0 aliphatic carbocycles. The Labute approximate surface area is 187 Å². The average molecular weight is 452 g/mol. The number of hydrogen-bond donors (Lipinski definition) is 3. The smallest absolute Gasteiger partial charge is 0.262 e. The summed E-state index contributed by atoms with van der Waals surface area (Å²) in [7, 11) is 0. The van der Waals surface area contributed by atoms with Gasteiger partial charge >= 0.3 is 0 Å². The summed E-state index contributed by atoms with van der Waals surface area (Å²) in [6, 6.07) is 4.72. The number of ether oxygens (including phenoxy) is 1. The molecule has 0 aliphatic rings. The first-order valence-electron chi connectivity index (χ1n) is 9.35. The molecule has 0 saturated heterocycles. The maximum Gasteiger partial charge on any atom is 0.262 e. The van der Waals surface area contributed by atoms with Crippen LogP contribution in [0.5, 0.6) is 5.75 Å². The van der Waals surface area contributed by atoms with E-state index in [1.165, 1.54) is 12.1 Å². The molecule has 1 rings (SSSR count). The van der Waals surface area contributed by atoms with Gasteiger partial charge in [0.25, 0.3) is 5.91 Å². The van der Waals surface area contributed by atoms with Gasteiger partial charge in [-0.1, -0.05) is 61.0 Å². The third-order valence-electron chi connectivity index (χ3n) is 3.78. The summed E-state index contributed by atoms with van der Waals surface area (Å²) in [5.74, 6) is -0.255. The standard InChI is InChI=1S/C22H27Cl2N3O3/c1-4-15(2)6-5-7-17(25)12-21(28)26-11-10-16(3)27-22(29)14-30-18-8-9-19(23)20(24)13-18/h5-6,8-9,12-13H,2-4,7,10-11,14,25H2,1H3,(H,26,28)(H,27,29)/b6-5-,17-12+. The monoisotopic (exact) mass is 451 g/mol. The lowest BCUT2D eigenvalue weighted by Gasteiger charge is -2.10. The third kappa shape index (κ3) is 10.7. The molecule has 0 spiro atoms. The number of halogens is 2. The second kappa shape index (κ2) is 13.5. The van der Waals surface area contributed by atoms with E-state index < -0.39 is 0 Å². The Kier molecular flexibility index (Phi) is 11.4. The number of carbonyl (C=O) groups is 2. The Hall–Kier alpha value is -2.70. The first-order valence-corrected chi connectivity index (χ1v) is 10.1. The van der Waals surface area contributed by atoms with Crippen LogP contribution in [0.4, 0.5) is 0 Å². The minimum absolute atomic E-state index is 0.208. The number of rotatable bonds is 12. The van der Waals surface area contributed by atoms with E-state index in [0.29, 0.717) is 46.6 Å². The summed E-state index contributed by atoms with van der Waals surface area (Å²) in [5, 5.41) is 6.04. The van der Waals surface area contributed by atoms with Gasteiger partial charge in [-0.3, -0.25) is 9.59 Å². The lowest BCUT2D eigenvalue weighted by Crippen LogP contribution is -2.30. The highest BCUT2D eigenvalue weighted by molar-refractivity contribution is 6.42. The zero-order chi connectivity index (χ0) is 22.5. The van der Waals surface area contributed by atoms with Gasteiger partial charge < -0.3 is 21.1 Å². The molecule has 0 unspecified atom stereocenters. The Morgan fingerprint density at radius 1 is 1.23 bits per heavy atom. The summed E-state index contributed by atoms with van der Waals surface area (Å²) in [6.45, 7) is 9.73. The molecule has 0 aliphatic heterocycles. The molecule has 0 saturated carbocycles. The van der Waals surface area contributed by atoms with Gasteiger partial charge in [-0.2, -0.15) is 0 Å². The Morgan fingerprint density at radius 3 is 2.63 bits per heavy atom. The topological polar surface area (TPSA) is 93.5 Å². The molecule has 4 N–H and O–H groups in total. The number of hydrogen-bond acceptors (Lipinski definition) is 4. The first-order chi connectivity index (χ1) is 14.2. The van der Waals surface area contributed by atoms with Crippen molar-refractivity contribution in [2.45, 2.75) is 26.2 Å². The summed E-state index contributed by atoms with van der Waals surface area (Å²) in [5.41, 5.74) is 7.71. The number of benzene rings is 1. The highest BCUT2D eigenvalue weighted by atomic mass is 35.5. The summed E-state index contributed by atoms with van der Waals surface area (Å²) in [6.07, 6.45) is 6.79. The summed E-state index contributed by atoms with van der Waals surface area (Å²) >= 11 is 11.7. The van der Waals surface area contributed by atoms with Gasteiger partial charge in [-0.15, -0.1) is 0 Å². The van der Waals surface area contributed by atoms with E-state index in [2.05, 4.69) is 23.8 Å². The third-order valence-corrected chi connectivity index (χ3v) is 4.52. The van der Waals surface area contributed by atoms with Gasteiger partial charge in [0.1, 0.15) is 5.75 Å². The van der Waals surface area contributed by atoms with E-state index in [-0.39, 0.29) is 18.4 Å². The van der Waals surface area contributed by atoms with Gasteiger partial charge in [0, 0.05) is 42.9 Å². The lowest BCUT2D eigenvalue weighted by molar-refractivity contribution is -0.122. The van der Waals surface area contributed by atoms with Gasteiger partial charge in [-0.25, -0.2) is 0 Å². The van der Waals surface area contributed by atoms with Crippen LogP contribution in [0.25, 0.3) is 0 Å². The van der Waals surface area contributed by atoms with E-state index >= 15 is 0 Å². The lowest BCUT2D eigenvalue weighted by atomic mass is 10.2. The molecule has 0 fully saturated rings. The second-order valence-corrected chi connectivity index (χ2v) is 7.21. The van der Waals surface area contributed by atoms with Crippen LogP contribution < -0.4 is 21.1 Å². The Balaban J connectivity index is 2.28. The van der Waals surface area contributed by atoms with Gasteiger partial charge in [0.2, 0.25) is 5.91 Å². The van der Waals surface area contributed by atoms with Crippen LogP contribution in [0.15, 0.2) is 66.6 Å². The second-order valence-electron chi connectivity index (χ2n) is 6.39. The first kappa shape index (κ1) is 25.3. The fraction of sp³-hybridized carbons (Fsp3) is 0.273. The molecule has 1 aromatic rings. The Morgan fingerprint density at radius 2 is 1.97 bits per heavy atom. The van der Waals surface area contributed by atoms with Crippen molar-refractivity contribution in [3.05, 3.63) is 76.6 Å². The van der Waals surface area contributed by atoms with Crippen LogP contribution >= 0.6 is 23.2 Å². The number of carbonyl (C=O) groups excluding carboxylic acids is 2. The van der Waals surface area contributed by atoms with E-state index in [0.717, 1.165) is 12.0 Å². The van der Waals surface area contributed by atoms with Crippen LogP contribution in [0.2, 0.25) is 10.0 Å². The molecule has 6 nitrogen and oxygen atoms in total. The van der Waals surface area contributed by atoms with Crippen molar-refractivity contribution in [3.63, 3.8) is 0 Å². The van der Waals surface area contributed by atoms with E-state index in [1.807, 2.05) is 19.1 Å². The molecular formula is C22H27Cl2N3O3. The zero-order valence-corrected chi connectivity index (χ0v) is 18.5. The number of nitrogens with one attached hydrogen (secondary N) is 2. The number of amides is 2. The molecule has 0 aromatic heterocycles. The number of allylic oxidation sites excluding steroid dienone is 3. The van der Waals surface area contributed by atoms with Crippen LogP contribution in [-0.4, -0.2) is 25.0 Å². The van der Waals surface area contributed by atoms with Crippen LogP contribution in [-0.2, 0) is 9.59 Å². The predicted molar refractivity (Wildman–Crippen MR) is 122 cm³/mol. The molecule has 2 amide bonds. The fourth-order valence-corrected chi connectivity index (χ4v) is 2.39. The average Bonchev–Trinajstić information content (AvgIpc) is 2.68. The summed E-state index contributed by atoms with van der Waals surface area (Å²) in [4.78, 5) is 23.8. The van der Waals surface area contributed by atoms with Gasteiger partial charge in [0.05, 0.1) is 10.0 Å². The van der Waals surface area contributed by atoms with E-state index in [9.17, 15) is 9.59 Å². The number of nitrogens with two attached hydrogens (primary N) is 1. The SMILES string of the molecule is C=C(/C=C\C/C(N)=C\C(=O)NCCC(=C)NC(=O)COc1ccc(Cl)c(Cl)c1)CC. The minimum atomic E-state index is -0.373. The molecule has 0 atom stereocenters. The van der Waals surface area contributed by atoms with Crippen molar-refractivity contribution in [2.24, 2.45) is 5.73 Å². The molecule has 0 radical (unpaired) electrons. The highest BCUT2D eigenvalue weighted by Gasteiger charge is 2.07. The highest BCUT2D eigenvalue weighted by Crippen LogP contribution is 2.26. The van der Waals surface area contributed by atoms with Crippen LogP contribution in [0.3, 0.4) is 0 Å². The molecular weight excluding hydrogens is 425 g/mol. The molecule has 30 heavy (non-hydrogen) atoms. The maximum atomic E-state index is 11.9. The van der Waals surface area contributed by atoms with Crippen molar-refractivity contribution < 1.29 is 14.3 Å². The van der Waals surface area contributed by atoms with E-state index in [4.69, 9.17) is 33.7 Å². The molecule has 1 aromatic carbocycles. The van der Waals surface area contributed by atoms with E-state index in [1.54, 1.807) is 12.1 Å². The normalized spacial score (nSPS) is 11.2. The Bertz CT molecular complexity index is 848. The molecule has 8 heteroatoms. The van der Waals surface area contributed by atoms with Gasteiger partial charge in [-0.05, 0) is 18.6 Å². The van der Waals surface area contributed by atoms with Crippen molar-refractivity contribution >= 4 is 35.0 Å². The van der Waals surface area contributed by atoms with Crippen molar-refractivity contribution in [1.29, 1.82) is 0 Å². The van der Waals surface area contributed by atoms with Crippen molar-refractivity contribution in [2.75, 3.05) is 13.2 Å². The van der Waals surface area contributed by atoms with Crippen molar-refractivity contribution in [3.8, 4) is 5.75 Å². The minimum Gasteiger partial charge on any atom is -0.484 e. The van der Waals surface area contributed by atoms with Crippen molar-refractivity contribution in [1.82, 2.24) is 10.6 Å². The molecule has 0 bridgehead atoms. The predicted octanol–water partition coefficient (Wildman–Crippen LogP) is 4.26. The molecule has 0 heterocycles. The quantitative estimate of drug-likeness (QED) is 0.326. The zero-order valence-electron chi connectivity index (χ0n) is 17.0.